The molecule has 2 aromatic rings. The van der Waals surface area contributed by atoms with Crippen molar-refractivity contribution < 1.29 is 0 Å². The molecule has 21 heavy (non-hydrogen) atoms. The summed E-state index contributed by atoms with van der Waals surface area (Å²) in [5.41, 5.74) is -0.894. The third kappa shape index (κ3) is 4.67. The fraction of sp³-hybridized carbons (Fsp3) is 0.111. The molecule has 0 bridgehead atoms. The summed E-state index contributed by atoms with van der Waals surface area (Å²) in [6, 6.07) is 0. The zero-order valence-corrected chi connectivity index (χ0v) is 16.1. The average Bonchev–Trinajstić information content (AvgIpc) is 2.45. The molecule has 1 N–H and O–H groups in total. The molecule has 0 aliphatic rings. The minimum Gasteiger partial charge on any atom is -0.266 e. The summed E-state index contributed by atoms with van der Waals surface area (Å²) in [4.78, 5) is 21.6. The van der Waals surface area contributed by atoms with E-state index < -0.39 is 11.1 Å². The van der Waals surface area contributed by atoms with E-state index in [1.54, 1.807) is 0 Å². The molecule has 12 heteroatoms. The molecule has 114 valence electrons. The quantitative estimate of drug-likeness (QED) is 0.597. The Balaban J connectivity index is 0.000000211. The van der Waals surface area contributed by atoms with Gasteiger partial charge in [0.1, 0.15) is 19.3 Å². The second-order valence-electron chi connectivity index (χ2n) is 3.32. The topological polar surface area (TPSA) is 80.6 Å². The fourth-order valence-corrected chi connectivity index (χ4v) is 2.48. The Morgan fingerprint density at radius 1 is 0.952 bits per heavy atom. The van der Waals surface area contributed by atoms with Crippen molar-refractivity contribution in [2.24, 2.45) is 7.05 Å². The molecule has 0 saturated carbocycles. The SMILES string of the molecule is Cn1nc(Br)c(Cl)c(Cl)c1=O.O=c1[nH]nc(Br)c(Cl)c1Cl. The number of H-pyrrole nitrogens is 1. The van der Waals surface area contributed by atoms with E-state index in [1.165, 1.54) is 7.05 Å². The molecule has 6 nitrogen and oxygen atoms in total. The lowest BCUT2D eigenvalue weighted by atomic mass is 10.6. The Kier molecular flexibility index (Phi) is 7.15. The minimum absolute atomic E-state index is 0.0176. The predicted octanol–water partition coefficient (Wildman–Crippen LogP) is 3.69. The van der Waals surface area contributed by atoms with E-state index in [-0.39, 0.29) is 20.1 Å². The van der Waals surface area contributed by atoms with Crippen LogP contribution in [0.25, 0.3) is 0 Å². The maximum Gasteiger partial charge on any atom is 0.286 e. The third-order valence-corrected chi connectivity index (χ3v) is 5.15. The van der Waals surface area contributed by atoms with E-state index in [0.29, 0.717) is 9.21 Å². The van der Waals surface area contributed by atoms with Crippen molar-refractivity contribution in [2.45, 2.75) is 0 Å². The molecule has 0 aromatic carbocycles. The minimum atomic E-state index is -0.491. The second kappa shape index (κ2) is 7.94. The molecule has 0 atom stereocenters. The Hall–Kier alpha value is -0.120. The van der Waals surface area contributed by atoms with Gasteiger partial charge in [0, 0.05) is 7.05 Å². The molecule has 0 amide bonds. The van der Waals surface area contributed by atoms with Gasteiger partial charge in [-0.15, -0.1) is 0 Å². The summed E-state index contributed by atoms with van der Waals surface area (Å²) in [5.74, 6) is 0. The van der Waals surface area contributed by atoms with Gasteiger partial charge in [-0.2, -0.15) is 10.2 Å². The lowest BCUT2D eigenvalue weighted by molar-refractivity contribution is 0.698. The fourth-order valence-electron chi connectivity index (χ4n) is 0.936. The summed E-state index contributed by atoms with van der Waals surface area (Å²) in [7, 11) is 1.50. The third-order valence-electron chi connectivity index (χ3n) is 1.92. The van der Waals surface area contributed by atoms with Gasteiger partial charge in [-0.05, 0) is 31.9 Å². The van der Waals surface area contributed by atoms with Crippen molar-refractivity contribution >= 4 is 78.3 Å². The zero-order valence-electron chi connectivity index (χ0n) is 9.93. The number of rotatable bonds is 0. The van der Waals surface area contributed by atoms with Crippen molar-refractivity contribution in [3.05, 3.63) is 50.0 Å². The molecule has 0 radical (unpaired) electrons. The van der Waals surface area contributed by atoms with Crippen LogP contribution in [0, 0.1) is 0 Å². The van der Waals surface area contributed by atoms with Gasteiger partial charge in [0.25, 0.3) is 11.1 Å². The summed E-state index contributed by atoms with van der Waals surface area (Å²) >= 11 is 28.1. The highest BCUT2D eigenvalue weighted by molar-refractivity contribution is 9.10. The van der Waals surface area contributed by atoms with E-state index >= 15 is 0 Å². The van der Waals surface area contributed by atoms with E-state index in [9.17, 15) is 9.59 Å². The van der Waals surface area contributed by atoms with Crippen molar-refractivity contribution in [3.63, 3.8) is 0 Å². The standard InChI is InChI=1S/C5H3BrCl2N2O.C4HBrCl2N2O/c1-10-5(11)3(8)2(7)4(6)9-10;5-3-1(6)2(7)4(10)9-8-3/h1H3;(H,9,10). The molecule has 0 fully saturated rings. The number of nitrogens with zero attached hydrogens (tertiary/aromatic N) is 3. The smallest absolute Gasteiger partial charge is 0.266 e. The van der Waals surface area contributed by atoms with Crippen molar-refractivity contribution in [2.75, 3.05) is 0 Å². The number of aromatic nitrogens is 4. The molecule has 0 unspecified atom stereocenters. The number of nitrogens with one attached hydrogen (secondary N) is 1. The molecule has 2 heterocycles. The number of halogens is 6. The molecular weight excluding hydrogens is 498 g/mol. The Labute approximate surface area is 154 Å². The van der Waals surface area contributed by atoms with Gasteiger partial charge in [0.05, 0.1) is 10.0 Å². The number of aromatic amines is 1. The van der Waals surface area contributed by atoms with Crippen LogP contribution in [0.3, 0.4) is 0 Å². The Morgan fingerprint density at radius 2 is 1.48 bits per heavy atom. The van der Waals surface area contributed by atoms with Crippen LogP contribution in [0.5, 0.6) is 0 Å². The predicted molar refractivity (Wildman–Crippen MR) is 89.8 cm³/mol. The van der Waals surface area contributed by atoms with Gasteiger partial charge >= 0.3 is 0 Å². The van der Waals surface area contributed by atoms with E-state index in [1.807, 2.05) is 0 Å². The van der Waals surface area contributed by atoms with Gasteiger partial charge in [-0.3, -0.25) is 9.59 Å². The van der Waals surface area contributed by atoms with Crippen LogP contribution in [0.15, 0.2) is 18.8 Å². The van der Waals surface area contributed by atoms with Gasteiger partial charge < -0.3 is 0 Å². The van der Waals surface area contributed by atoms with Crippen LogP contribution in [-0.2, 0) is 7.05 Å². The van der Waals surface area contributed by atoms with Gasteiger partial charge in [-0.25, -0.2) is 9.78 Å². The monoisotopic (exact) mass is 498 g/mol. The normalized spacial score (nSPS) is 10.0. The molecule has 0 saturated heterocycles. The zero-order chi connectivity index (χ0) is 16.3. The number of hydrogen-bond donors (Lipinski definition) is 1. The molecule has 0 spiro atoms. The van der Waals surface area contributed by atoms with Crippen LogP contribution in [0.1, 0.15) is 0 Å². The van der Waals surface area contributed by atoms with Crippen molar-refractivity contribution in [1.29, 1.82) is 0 Å². The number of hydrogen-bond acceptors (Lipinski definition) is 4. The molecule has 0 aliphatic carbocycles. The van der Waals surface area contributed by atoms with Gasteiger partial charge in [-0.1, -0.05) is 46.4 Å². The summed E-state index contributed by atoms with van der Waals surface area (Å²) in [6.45, 7) is 0. The molecule has 2 rings (SSSR count). The number of aryl methyl sites for hydroxylation is 1. The molecule has 0 aliphatic heterocycles. The maximum atomic E-state index is 11.0. The van der Waals surface area contributed by atoms with Crippen molar-refractivity contribution in [3.8, 4) is 0 Å². The van der Waals surface area contributed by atoms with Crippen LogP contribution in [0.4, 0.5) is 0 Å². The summed E-state index contributed by atoms with van der Waals surface area (Å²) in [5, 5.41) is 9.59. The highest BCUT2D eigenvalue weighted by atomic mass is 79.9. The summed E-state index contributed by atoms with van der Waals surface area (Å²) in [6.07, 6.45) is 0. The average molecular weight is 502 g/mol. The van der Waals surface area contributed by atoms with Crippen LogP contribution < -0.4 is 11.1 Å². The van der Waals surface area contributed by atoms with E-state index in [4.69, 9.17) is 46.4 Å². The Bertz CT molecular complexity index is 793. The Morgan fingerprint density at radius 3 is 2.00 bits per heavy atom. The van der Waals surface area contributed by atoms with Crippen LogP contribution in [-0.4, -0.2) is 20.0 Å². The highest BCUT2D eigenvalue weighted by Crippen LogP contribution is 2.24. The summed E-state index contributed by atoms with van der Waals surface area (Å²) < 4.78 is 1.81. The lowest BCUT2D eigenvalue weighted by Gasteiger charge is -1.99. The largest absolute Gasteiger partial charge is 0.286 e. The van der Waals surface area contributed by atoms with E-state index in [0.717, 1.165) is 4.68 Å². The molecular formula is C9H4Br2Cl4N4O2. The lowest BCUT2D eigenvalue weighted by Crippen LogP contribution is -2.20. The molecule has 2 aromatic heterocycles. The van der Waals surface area contributed by atoms with Gasteiger partial charge in [0.2, 0.25) is 0 Å². The first-order valence-electron chi connectivity index (χ1n) is 4.83. The van der Waals surface area contributed by atoms with Gasteiger partial charge in [0.15, 0.2) is 0 Å². The second-order valence-corrected chi connectivity index (χ2v) is 6.33. The maximum absolute atomic E-state index is 11.0. The first-order valence-corrected chi connectivity index (χ1v) is 7.93. The first-order chi connectivity index (χ1) is 9.66. The van der Waals surface area contributed by atoms with E-state index in [2.05, 4.69) is 47.2 Å². The van der Waals surface area contributed by atoms with Crippen LogP contribution >= 0.6 is 78.3 Å². The van der Waals surface area contributed by atoms with Crippen LogP contribution in [0.2, 0.25) is 20.1 Å². The van der Waals surface area contributed by atoms with Crippen molar-refractivity contribution in [1.82, 2.24) is 20.0 Å². The highest BCUT2D eigenvalue weighted by Gasteiger charge is 2.09. The first kappa shape index (κ1) is 18.9.